The van der Waals surface area contributed by atoms with Gasteiger partial charge in [-0.1, -0.05) is 52.3 Å². The lowest BCUT2D eigenvalue weighted by atomic mass is 9.75. The first kappa shape index (κ1) is 18.5. The number of ether oxygens (including phenoxy) is 1. The van der Waals surface area contributed by atoms with Crippen LogP contribution in [0.3, 0.4) is 0 Å². The molecule has 138 valence electrons. The molecule has 0 spiro atoms. The zero-order chi connectivity index (χ0) is 18.9. The van der Waals surface area contributed by atoms with Crippen LogP contribution in [-0.4, -0.2) is 11.1 Å². The lowest BCUT2D eigenvalue weighted by Crippen LogP contribution is -2.23. The maximum absolute atomic E-state index is 12.0. The van der Waals surface area contributed by atoms with E-state index in [-0.39, 0.29) is 22.5 Å². The summed E-state index contributed by atoms with van der Waals surface area (Å²) >= 11 is 0. The quantitative estimate of drug-likeness (QED) is 0.573. The predicted molar refractivity (Wildman–Crippen MR) is 104 cm³/mol. The molecule has 2 aromatic rings. The smallest absolute Gasteiger partial charge is 0.311 e. The van der Waals surface area contributed by atoms with E-state index in [0.717, 1.165) is 24.8 Å². The van der Waals surface area contributed by atoms with E-state index in [9.17, 15) is 9.90 Å². The Bertz CT molecular complexity index is 805. The lowest BCUT2D eigenvalue weighted by Gasteiger charge is -2.28. The Kier molecular flexibility index (Phi) is 4.83. The van der Waals surface area contributed by atoms with Gasteiger partial charge in [-0.3, -0.25) is 4.79 Å². The highest BCUT2D eigenvalue weighted by Crippen LogP contribution is 2.53. The molecule has 1 atom stereocenters. The Morgan fingerprint density at radius 2 is 1.77 bits per heavy atom. The Morgan fingerprint density at radius 1 is 1.08 bits per heavy atom. The summed E-state index contributed by atoms with van der Waals surface area (Å²) in [5.74, 6) is 0.719. The van der Waals surface area contributed by atoms with Gasteiger partial charge in [-0.15, -0.1) is 0 Å². The molecule has 1 aliphatic carbocycles. The maximum Gasteiger partial charge on any atom is 0.311 e. The predicted octanol–water partition coefficient (Wildman–Crippen LogP) is 5.48. The van der Waals surface area contributed by atoms with Crippen LogP contribution in [0, 0.1) is 0 Å². The third-order valence-corrected chi connectivity index (χ3v) is 5.58. The van der Waals surface area contributed by atoms with Gasteiger partial charge in [0.2, 0.25) is 0 Å². The highest BCUT2D eigenvalue weighted by molar-refractivity contribution is 5.72. The largest absolute Gasteiger partial charge is 0.508 e. The molecule has 0 aliphatic heterocycles. The van der Waals surface area contributed by atoms with Crippen molar-refractivity contribution < 1.29 is 14.6 Å². The molecular formula is C23H28O3. The van der Waals surface area contributed by atoms with Crippen molar-refractivity contribution >= 4 is 5.97 Å². The third kappa shape index (κ3) is 3.35. The summed E-state index contributed by atoms with van der Waals surface area (Å²) in [5, 5.41) is 9.64. The van der Waals surface area contributed by atoms with Gasteiger partial charge < -0.3 is 9.84 Å². The number of carbonyl (C=O) groups excluding carboxylic acids is 1. The number of phenolic OH excluding ortho intramolecular Hbond substituents is 1. The van der Waals surface area contributed by atoms with Gasteiger partial charge in [0, 0.05) is 11.8 Å². The van der Waals surface area contributed by atoms with E-state index in [0.29, 0.717) is 12.2 Å². The molecule has 1 aliphatic rings. The van der Waals surface area contributed by atoms with Crippen LogP contribution in [0.1, 0.15) is 70.1 Å². The Balaban J connectivity index is 1.99. The van der Waals surface area contributed by atoms with Gasteiger partial charge in [0.1, 0.15) is 11.5 Å². The molecule has 26 heavy (non-hydrogen) atoms. The number of benzene rings is 2. The number of hydrogen-bond donors (Lipinski definition) is 1. The lowest BCUT2D eigenvalue weighted by molar-refractivity contribution is -0.134. The molecule has 0 radical (unpaired) electrons. The van der Waals surface area contributed by atoms with E-state index in [1.807, 2.05) is 24.3 Å². The highest BCUT2D eigenvalue weighted by Gasteiger charge is 2.45. The molecule has 3 nitrogen and oxygen atoms in total. The van der Waals surface area contributed by atoms with Crippen LogP contribution in [0.2, 0.25) is 0 Å². The van der Waals surface area contributed by atoms with Crippen molar-refractivity contribution in [2.75, 3.05) is 0 Å². The molecule has 0 amide bonds. The number of rotatable bonds is 5. The summed E-state index contributed by atoms with van der Waals surface area (Å²) in [7, 11) is 0. The molecule has 0 unspecified atom stereocenters. The normalized spacial score (nSPS) is 20.6. The molecule has 0 saturated carbocycles. The van der Waals surface area contributed by atoms with Crippen molar-refractivity contribution in [2.45, 2.75) is 64.2 Å². The number of esters is 1. The molecule has 3 rings (SSSR count). The number of phenols is 1. The average molecular weight is 352 g/mol. The Labute approximate surface area is 156 Å². The van der Waals surface area contributed by atoms with Crippen LogP contribution in [0.15, 0.2) is 42.5 Å². The maximum atomic E-state index is 12.0. The van der Waals surface area contributed by atoms with E-state index in [1.54, 1.807) is 12.1 Å². The van der Waals surface area contributed by atoms with Gasteiger partial charge in [-0.05, 0) is 59.2 Å². The van der Waals surface area contributed by atoms with Crippen LogP contribution in [0.5, 0.6) is 11.5 Å². The number of aromatic hydroxyl groups is 1. The summed E-state index contributed by atoms with van der Waals surface area (Å²) in [6.07, 6.45) is 3.25. The van der Waals surface area contributed by atoms with Crippen molar-refractivity contribution in [3.05, 3.63) is 59.2 Å². The van der Waals surface area contributed by atoms with Crippen molar-refractivity contribution in [1.82, 2.24) is 0 Å². The average Bonchev–Trinajstić information content (AvgIpc) is 2.80. The van der Waals surface area contributed by atoms with Gasteiger partial charge in [-0.25, -0.2) is 0 Å². The van der Waals surface area contributed by atoms with E-state index in [4.69, 9.17) is 4.74 Å². The third-order valence-electron chi connectivity index (χ3n) is 5.58. The zero-order valence-electron chi connectivity index (χ0n) is 16.1. The van der Waals surface area contributed by atoms with Gasteiger partial charge in [0.25, 0.3) is 0 Å². The number of carbonyl (C=O) groups is 1. The fraction of sp³-hybridized carbons (Fsp3) is 0.435. The fourth-order valence-electron chi connectivity index (χ4n) is 4.30. The SMILES string of the molecule is CCCCC(=O)Oc1ccc2c(c1)[C@](C)(c1ccc(O)cc1)CC2(C)C. The summed E-state index contributed by atoms with van der Waals surface area (Å²) in [6, 6.07) is 13.5. The summed E-state index contributed by atoms with van der Waals surface area (Å²) in [5.41, 5.74) is 3.51. The first-order valence-electron chi connectivity index (χ1n) is 9.41. The minimum atomic E-state index is -0.182. The minimum absolute atomic E-state index is 0.0344. The first-order valence-corrected chi connectivity index (χ1v) is 9.41. The monoisotopic (exact) mass is 352 g/mol. The second-order valence-corrected chi connectivity index (χ2v) is 8.22. The van der Waals surface area contributed by atoms with E-state index in [1.165, 1.54) is 11.1 Å². The van der Waals surface area contributed by atoms with Gasteiger partial charge in [-0.2, -0.15) is 0 Å². The molecule has 0 saturated heterocycles. The summed E-state index contributed by atoms with van der Waals surface area (Å²) in [6.45, 7) is 8.80. The molecular weight excluding hydrogens is 324 g/mol. The van der Waals surface area contributed by atoms with Gasteiger partial charge >= 0.3 is 5.97 Å². The molecule has 3 heteroatoms. The Hall–Kier alpha value is -2.29. The molecule has 2 aromatic carbocycles. The van der Waals surface area contributed by atoms with Crippen LogP contribution >= 0.6 is 0 Å². The van der Waals surface area contributed by atoms with Crippen molar-refractivity contribution in [1.29, 1.82) is 0 Å². The number of unbranched alkanes of at least 4 members (excludes halogenated alkanes) is 1. The number of fused-ring (bicyclic) bond motifs is 1. The van der Waals surface area contributed by atoms with Gasteiger partial charge in [0.05, 0.1) is 0 Å². The van der Waals surface area contributed by atoms with Gasteiger partial charge in [0.15, 0.2) is 0 Å². The van der Waals surface area contributed by atoms with E-state index >= 15 is 0 Å². The molecule has 0 heterocycles. The number of hydrogen-bond acceptors (Lipinski definition) is 3. The molecule has 1 N–H and O–H groups in total. The summed E-state index contributed by atoms with van der Waals surface area (Å²) < 4.78 is 5.58. The zero-order valence-corrected chi connectivity index (χ0v) is 16.1. The molecule has 0 aromatic heterocycles. The van der Waals surface area contributed by atoms with Crippen molar-refractivity contribution in [2.24, 2.45) is 0 Å². The second-order valence-electron chi connectivity index (χ2n) is 8.22. The van der Waals surface area contributed by atoms with Crippen LogP contribution in [-0.2, 0) is 15.6 Å². The first-order chi connectivity index (χ1) is 12.3. The van der Waals surface area contributed by atoms with Crippen molar-refractivity contribution in [3.63, 3.8) is 0 Å². The van der Waals surface area contributed by atoms with Crippen molar-refractivity contribution in [3.8, 4) is 11.5 Å². The fourth-order valence-corrected chi connectivity index (χ4v) is 4.30. The topological polar surface area (TPSA) is 46.5 Å². The van der Waals surface area contributed by atoms with E-state index < -0.39 is 0 Å². The molecule has 0 bridgehead atoms. The second kappa shape index (κ2) is 6.79. The van der Waals surface area contributed by atoms with Crippen LogP contribution in [0.25, 0.3) is 0 Å². The standard InChI is InChI=1S/C23H28O3/c1-5-6-7-21(25)26-18-12-13-19-20(14-18)23(4,15-22(19,2)3)16-8-10-17(24)11-9-16/h8-14,24H,5-7,15H2,1-4H3/t23-/m0/s1. The van der Waals surface area contributed by atoms with Crippen LogP contribution in [0.4, 0.5) is 0 Å². The van der Waals surface area contributed by atoms with E-state index in [2.05, 4.69) is 33.8 Å². The summed E-state index contributed by atoms with van der Waals surface area (Å²) in [4.78, 5) is 12.0. The molecule has 0 fully saturated rings. The Morgan fingerprint density at radius 3 is 2.42 bits per heavy atom. The minimum Gasteiger partial charge on any atom is -0.508 e. The highest BCUT2D eigenvalue weighted by atomic mass is 16.5. The van der Waals surface area contributed by atoms with Crippen LogP contribution < -0.4 is 4.74 Å².